The normalized spacial score (nSPS) is 21.2. The first kappa shape index (κ1) is 13.5. The second-order valence-corrected chi connectivity index (χ2v) is 4.43. The molecule has 94 valence electrons. The molecular formula is C12H23NO3. The molecule has 1 atom stereocenters. The van der Waals surface area contributed by atoms with Crippen molar-refractivity contribution in [2.24, 2.45) is 0 Å². The van der Waals surface area contributed by atoms with Gasteiger partial charge >= 0.3 is 5.97 Å². The minimum Gasteiger partial charge on any atom is -0.481 e. The molecule has 0 saturated carbocycles. The summed E-state index contributed by atoms with van der Waals surface area (Å²) >= 11 is 0. The number of carboxylic acid groups (broad SMARTS) is 1. The first-order valence-corrected chi connectivity index (χ1v) is 6.28. The van der Waals surface area contributed by atoms with Gasteiger partial charge in [0.15, 0.2) is 0 Å². The SMILES string of the molecule is CCCN(CCC(=O)O)C[C@@H]1CCCCO1. The Bertz CT molecular complexity index is 202. The third-order valence-electron chi connectivity index (χ3n) is 2.92. The molecule has 0 aliphatic carbocycles. The topological polar surface area (TPSA) is 49.8 Å². The molecule has 0 aromatic heterocycles. The van der Waals surface area contributed by atoms with Crippen molar-refractivity contribution in [3.63, 3.8) is 0 Å². The Morgan fingerprint density at radius 2 is 2.25 bits per heavy atom. The second-order valence-electron chi connectivity index (χ2n) is 4.43. The number of nitrogens with zero attached hydrogens (tertiary/aromatic N) is 1. The van der Waals surface area contributed by atoms with Crippen LogP contribution in [0.3, 0.4) is 0 Å². The van der Waals surface area contributed by atoms with E-state index in [-0.39, 0.29) is 6.42 Å². The van der Waals surface area contributed by atoms with Gasteiger partial charge in [-0.2, -0.15) is 0 Å². The fraction of sp³-hybridized carbons (Fsp3) is 0.917. The van der Waals surface area contributed by atoms with Gasteiger partial charge in [-0.15, -0.1) is 0 Å². The zero-order valence-electron chi connectivity index (χ0n) is 10.2. The fourth-order valence-corrected chi connectivity index (χ4v) is 2.10. The number of ether oxygens (including phenoxy) is 1. The largest absolute Gasteiger partial charge is 0.481 e. The highest BCUT2D eigenvalue weighted by atomic mass is 16.5. The number of carboxylic acids is 1. The molecule has 1 saturated heterocycles. The van der Waals surface area contributed by atoms with Gasteiger partial charge in [0, 0.05) is 19.7 Å². The lowest BCUT2D eigenvalue weighted by molar-refractivity contribution is -0.137. The number of carbonyl (C=O) groups is 1. The van der Waals surface area contributed by atoms with Crippen LogP contribution in [-0.4, -0.2) is 48.3 Å². The van der Waals surface area contributed by atoms with Crippen LogP contribution in [0, 0.1) is 0 Å². The number of aliphatic carboxylic acids is 1. The van der Waals surface area contributed by atoms with Crippen molar-refractivity contribution in [2.45, 2.75) is 45.1 Å². The molecule has 16 heavy (non-hydrogen) atoms. The van der Waals surface area contributed by atoms with Crippen LogP contribution in [0.4, 0.5) is 0 Å². The Kier molecular flexibility index (Phi) is 6.42. The molecule has 1 fully saturated rings. The molecule has 1 aliphatic heterocycles. The summed E-state index contributed by atoms with van der Waals surface area (Å²) in [6.45, 7) is 5.48. The molecular weight excluding hydrogens is 206 g/mol. The van der Waals surface area contributed by atoms with Crippen molar-refractivity contribution in [1.82, 2.24) is 4.90 Å². The molecule has 0 aromatic carbocycles. The van der Waals surface area contributed by atoms with E-state index in [0.717, 1.165) is 32.5 Å². The molecule has 0 bridgehead atoms. The van der Waals surface area contributed by atoms with Crippen molar-refractivity contribution in [2.75, 3.05) is 26.2 Å². The fourth-order valence-electron chi connectivity index (χ4n) is 2.10. The van der Waals surface area contributed by atoms with E-state index < -0.39 is 5.97 Å². The Morgan fingerprint density at radius 1 is 1.44 bits per heavy atom. The van der Waals surface area contributed by atoms with Crippen LogP contribution in [-0.2, 0) is 9.53 Å². The van der Waals surface area contributed by atoms with E-state index in [1.54, 1.807) is 0 Å². The summed E-state index contributed by atoms with van der Waals surface area (Å²) in [5.41, 5.74) is 0. The average molecular weight is 229 g/mol. The summed E-state index contributed by atoms with van der Waals surface area (Å²) in [6.07, 6.45) is 5.13. The molecule has 1 N–H and O–H groups in total. The Hall–Kier alpha value is -0.610. The highest BCUT2D eigenvalue weighted by Crippen LogP contribution is 2.14. The van der Waals surface area contributed by atoms with E-state index in [4.69, 9.17) is 9.84 Å². The molecule has 1 heterocycles. The van der Waals surface area contributed by atoms with Gasteiger partial charge in [-0.3, -0.25) is 4.79 Å². The molecule has 0 amide bonds. The van der Waals surface area contributed by atoms with Crippen LogP contribution in [0.1, 0.15) is 39.0 Å². The first-order chi connectivity index (χ1) is 7.72. The van der Waals surface area contributed by atoms with Crippen molar-refractivity contribution in [1.29, 1.82) is 0 Å². The lowest BCUT2D eigenvalue weighted by Crippen LogP contribution is -2.37. The van der Waals surface area contributed by atoms with E-state index in [9.17, 15) is 4.79 Å². The smallest absolute Gasteiger partial charge is 0.304 e. The maximum atomic E-state index is 10.5. The van der Waals surface area contributed by atoms with Crippen molar-refractivity contribution in [3.8, 4) is 0 Å². The Morgan fingerprint density at radius 3 is 2.81 bits per heavy atom. The first-order valence-electron chi connectivity index (χ1n) is 6.28. The van der Waals surface area contributed by atoms with Gasteiger partial charge in [-0.1, -0.05) is 6.92 Å². The minimum atomic E-state index is -0.717. The number of hydrogen-bond acceptors (Lipinski definition) is 3. The van der Waals surface area contributed by atoms with Crippen LogP contribution in [0.5, 0.6) is 0 Å². The highest BCUT2D eigenvalue weighted by molar-refractivity contribution is 5.66. The Labute approximate surface area is 97.6 Å². The van der Waals surface area contributed by atoms with E-state index in [1.165, 1.54) is 12.8 Å². The maximum absolute atomic E-state index is 10.5. The number of hydrogen-bond donors (Lipinski definition) is 1. The Balaban J connectivity index is 2.27. The van der Waals surface area contributed by atoms with Gasteiger partial charge in [0.05, 0.1) is 12.5 Å². The van der Waals surface area contributed by atoms with Crippen LogP contribution < -0.4 is 0 Å². The minimum absolute atomic E-state index is 0.229. The van der Waals surface area contributed by atoms with Gasteiger partial charge < -0.3 is 14.7 Å². The van der Waals surface area contributed by atoms with Crippen LogP contribution in [0.25, 0.3) is 0 Å². The molecule has 4 heteroatoms. The van der Waals surface area contributed by atoms with Crippen molar-refractivity contribution in [3.05, 3.63) is 0 Å². The van der Waals surface area contributed by atoms with E-state index >= 15 is 0 Å². The molecule has 1 rings (SSSR count). The maximum Gasteiger partial charge on any atom is 0.304 e. The predicted molar refractivity (Wildman–Crippen MR) is 62.6 cm³/mol. The van der Waals surface area contributed by atoms with Crippen LogP contribution >= 0.6 is 0 Å². The quantitative estimate of drug-likeness (QED) is 0.722. The molecule has 0 radical (unpaired) electrons. The summed E-state index contributed by atoms with van der Waals surface area (Å²) in [5.74, 6) is -0.717. The monoisotopic (exact) mass is 229 g/mol. The zero-order valence-corrected chi connectivity index (χ0v) is 10.2. The standard InChI is InChI=1S/C12H23NO3/c1-2-7-13(8-6-12(14)15)10-11-5-3-4-9-16-11/h11H,2-10H2,1H3,(H,14,15)/t11-/m0/s1. The van der Waals surface area contributed by atoms with Crippen molar-refractivity contribution < 1.29 is 14.6 Å². The van der Waals surface area contributed by atoms with Gasteiger partial charge in [-0.25, -0.2) is 0 Å². The van der Waals surface area contributed by atoms with Gasteiger partial charge in [-0.05, 0) is 32.2 Å². The number of rotatable bonds is 7. The van der Waals surface area contributed by atoms with Crippen molar-refractivity contribution >= 4 is 5.97 Å². The molecule has 0 aromatic rings. The lowest BCUT2D eigenvalue weighted by atomic mass is 10.1. The van der Waals surface area contributed by atoms with E-state index in [1.807, 2.05) is 0 Å². The summed E-state index contributed by atoms with van der Waals surface area (Å²) < 4.78 is 5.67. The van der Waals surface area contributed by atoms with Gasteiger partial charge in [0.1, 0.15) is 0 Å². The van der Waals surface area contributed by atoms with Crippen LogP contribution in [0.2, 0.25) is 0 Å². The van der Waals surface area contributed by atoms with Crippen LogP contribution in [0.15, 0.2) is 0 Å². The third kappa shape index (κ3) is 5.47. The summed E-state index contributed by atoms with van der Waals surface area (Å²) in [5, 5.41) is 8.68. The molecule has 0 spiro atoms. The lowest BCUT2D eigenvalue weighted by Gasteiger charge is -2.29. The van der Waals surface area contributed by atoms with E-state index in [2.05, 4.69) is 11.8 Å². The summed E-state index contributed by atoms with van der Waals surface area (Å²) in [6, 6.07) is 0. The zero-order chi connectivity index (χ0) is 11.8. The van der Waals surface area contributed by atoms with Gasteiger partial charge in [0.2, 0.25) is 0 Å². The summed E-state index contributed by atoms with van der Waals surface area (Å²) in [4.78, 5) is 12.8. The van der Waals surface area contributed by atoms with E-state index in [0.29, 0.717) is 12.6 Å². The average Bonchev–Trinajstić information content (AvgIpc) is 2.27. The third-order valence-corrected chi connectivity index (χ3v) is 2.92. The summed E-state index contributed by atoms with van der Waals surface area (Å²) in [7, 11) is 0. The van der Waals surface area contributed by atoms with Gasteiger partial charge in [0.25, 0.3) is 0 Å². The molecule has 0 unspecified atom stereocenters. The predicted octanol–water partition coefficient (Wildman–Crippen LogP) is 1.74. The highest BCUT2D eigenvalue weighted by Gasteiger charge is 2.17. The molecule has 4 nitrogen and oxygen atoms in total. The molecule has 1 aliphatic rings. The second kappa shape index (κ2) is 7.63.